The molecule has 6 heteroatoms. The molecular weight excluding hydrogens is 440 g/mol. The van der Waals surface area contributed by atoms with Crippen molar-refractivity contribution in [1.29, 1.82) is 0 Å². The smallest absolute Gasteiger partial charge is 0.338 e. The summed E-state index contributed by atoms with van der Waals surface area (Å²) in [6.45, 7) is 19.6. The topological polar surface area (TPSA) is 76.7 Å². The number of ether oxygens (including phenoxy) is 2. The van der Waals surface area contributed by atoms with Crippen LogP contribution in [0.3, 0.4) is 0 Å². The molecule has 2 heterocycles. The van der Waals surface area contributed by atoms with Crippen molar-refractivity contribution >= 4 is 11.9 Å². The molecule has 2 fully saturated rings. The molecule has 0 aromatic heterocycles. The molecule has 0 amide bonds. The lowest BCUT2D eigenvalue weighted by Crippen LogP contribution is -2.63. The Morgan fingerprint density at radius 3 is 1.77 bits per heavy atom. The van der Waals surface area contributed by atoms with E-state index in [-0.39, 0.29) is 40.8 Å². The van der Waals surface area contributed by atoms with Gasteiger partial charge >= 0.3 is 11.9 Å². The zero-order valence-electron chi connectivity index (χ0n) is 23.2. The van der Waals surface area contributed by atoms with Crippen molar-refractivity contribution < 1.29 is 19.1 Å². The zero-order chi connectivity index (χ0) is 26.2. The molecule has 1 aromatic rings. The van der Waals surface area contributed by atoms with Gasteiger partial charge in [0.05, 0.1) is 11.1 Å². The Bertz CT molecular complexity index is 906. The molecule has 4 atom stereocenters. The van der Waals surface area contributed by atoms with Crippen molar-refractivity contribution in [3.63, 3.8) is 0 Å². The molecule has 0 spiro atoms. The fraction of sp³-hybridized carbons (Fsp3) is 0.724. The Morgan fingerprint density at radius 1 is 0.800 bits per heavy atom. The van der Waals surface area contributed by atoms with Crippen molar-refractivity contribution in [2.24, 2.45) is 11.8 Å². The molecule has 35 heavy (non-hydrogen) atoms. The molecule has 4 unspecified atom stereocenters. The van der Waals surface area contributed by atoms with Crippen LogP contribution in [0.1, 0.15) is 109 Å². The Kier molecular flexibility index (Phi) is 8.07. The van der Waals surface area contributed by atoms with Gasteiger partial charge in [-0.15, -0.1) is 0 Å². The van der Waals surface area contributed by atoms with E-state index in [2.05, 4.69) is 72.9 Å². The Labute approximate surface area is 211 Å². The lowest BCUT2D eigenvalue weighted by molar-refractivity contribution is -0.0186. The van der Waals surface area contributed by atoms with Crippen LogP contribution in [0.15, 0.2) is 24.3 Å². The van der Waals surface area contributed by atoms with E-state index in [1.165, 1.54) is 0 Å². The first kappa shape index (κ1) is 27.7. The molecule has 3 rings (SSSR count). The average Bonchev–Trinajstić information content (AvgIpc) is 2.71. The van der Waals surface area contributed by atoms with Crippen LogP contribution in [0.4, 0.5) is 0 Å². The summed E-state index contributed by atoms with van der Waals surface area (Å²) in [6, 6.07) is 6.96. The van der Waals surface area contributed by atoms with Crippen molar-refractivity contribution in [2.75, 3.05) is 0 Å². The maximum absolute atomic E-state index is 12.9. The van der Waals surface area contributed by atoms with Crippen LogP contribution >= 0.6 is 0 Å². The highest BCUT2D eigenvalue weighted by atomic mass is 16.5. The predicted molar refractivity (Wildman–Crippen MR) is 140 cm³/mol. The Balaban J connectivity index is 1.62. The van der Waals surface area contributed by atoms with E-state index in [0.717, 1.165) is 25.7 Å². The summed E-state index contributed by atoms with van der Waals surface area (Å²) < 4.78 is 11.8. The minimum Gasteiger partial charge on any atom is -0.459 e. The van der Waals surface area contributed by atoms with Gasteiger partial charge in [0.25, 0.3) is 0 Å². The highest BCUT2D eigenvalue weighted by molar-refractivity contribution is 5.93. The fourth-order valence-electron chi connectivity index (χ4n) is 5.72. The second-order valence-corrected chi connectivity index (χ2v) is 12.9. The quantitative estimate of drug-likeness (QED) is 0.517. The van der Waals surface area contributed by atoms with Gasteiger partial charge in [0.2, 0.25) is 0 Å². The third-order valence-corrected chi connectivity index (χ3v) is 7.83. The summed E-state index contributed by atoms with van der Waals surface area (Å²) in [5, 5.41) is 7.39. The number of piperidine rings is 2. The predicted octanol–water partition coefficient (Wildman–Crippen LogP) is 5.50. The number of carbonyl (C=O) groups excluding carboxylic acids is 2. The molecule has 6 nitrogen and oxygen atoms in total. The maximum Gasteiger partial charge on any atom is 0.338 e. The second kappa shape index (κ2) is 10.2. The first-order valence-corrected chi connectivity index (χ1v) is 13.2. The summed E-state index contributed by atoms with van der Waals surface area (Å²) in [7, 11) is 0. The minimum absolute atomic E-state index is 0.0827. The maximum atomic E-state index is 12.9. The van der Waals surface area contributed by atoms with Crippen molar-refractivity contribution in [2.45, 2.75) is 123 Å². The van der Waals surface area contributed by atoms with E-state index in [1.54, 1.807) is 24.3 Å². The molecule has 0 aliphatic carbocycles. The standard InChI is InChI=1S/C29H46N2O4/c1-18(2)24-14-22(15-27(5,6)30-24)34-25(32)20-10-12-21(13-11-20)26(33)35-23-16-28(7,8)31-29(9,17-23)19(3)4/h10-13,18-19,22-24,30-31H,14-17H2,1-9H3. The minimum atomic E-state index is -0.349. The monoisotopic (exact) mass is 486 g/mol. The zero-order valence-corrected chi connectivity index (χ0v) is 23.2. The van der Waals surface area contributed by atoms with Crippen molar-refractivity contribution in [1.82, 2.24) is 10.6 Å². The van der Waals surface area contributed by atoms with Gasteiger partial charge in [-0.05, 0) is 70.7 Å². The molecule has 1 aromatic carbocycles. The summed E-state index contributed by atoms with van der Waals surface area (Å²) >= 11 is 0. The number of nitrogens with one attached hydrogen (secondary N) is 2. The van der Waals surface area contributed by atoms with Gasteiger partial charge in [-0.1, -0.05) is 27.7 Å². The highest BCUT2D eigenvalue weighted by Gasteiger charge is 2.43. The molecule has 2 N–H and O–H groups in total. The Hall–Kier alpha value is -1.92. The third-order valence-electron chi connectivity index (χ3n) is 7.83. The fourth-order valence-corrected chi connectivity index (χ4v) is 5.72. The second-order valence-electron chi connectivity index (χ2n) is 12.9. The van der Waals surface area contributed by atoms with Crippen LogP contribution in [0.5, 0.6) is 0 Å². The van der Waals surface area contributed by atoms with E-state index >= 15 is 0 Å². The normalized spacial score (nSPS) is 30.2. The number of hydrogen-bond donors (Lipinski definition) is 2. The first-order chi connectivity index (χ1) is 16.1. The SMILES string of the molecule is CC(C)C1CC(OC(=O)c2ccc(C(=O)OC3CC(C)(C)NC(C)(C(C)C)C3)cc2)CC(C)(C)N1. The van der Waals surface area contributed by atoms with E-state index in [0.29, 0.717) is 29.0 Å². The molecule has 2 saturated heterocycles. The van der Waals surface area contributed by atoms with Crippen LogP contribution in [-0.4, -0.2) is 46.8 Å². The van der Waals surface area contributed by atoms with E-state index in [1.807, 2.05) is 0 Å². The van der Waals surface area contributed by atoms with Gasteiger partial charge in [0.1, 0.15) is 12.2 Å². The van der Waals surface area contributed by atoms with Gasteiger partial charge in [-0.3, -0.25) is 0 Å². The van der Waals surface area contributed by atoms with Gasteiger partial charge in [-0.25, -0.2) is 9.59 Å². The van der Waals surface area contributed by atoms with E-state index in [9.17, 15) is 9.59 Å². The highest BCUT2D eigenvalue weighted by Crippen LogP contribution is 2.35. The number of hydrogen-bond acceptors (Lipinski definition) is 6. The van der Waals surface area contributed by atoms with Crippen molar-refractivity contribution in [3.8, 4) is 0 Å². The molecule has 0 radical (unpaired) electrons. The van der Waals surface area contributed by atoms with E-state index < -0.39 is 0 Å². The summed E-state index contributed by atoms with van der Waals surface area (Å²) in [4.78, 5) is 25.7. The number of carbonyl (C=O) groups is 2. The van der Waals surface area contributed by atoms with Crippen LogP contribution in [0, 0.1) is 11.8 Å². The number of rotatable bonds is 6. The Morgan fingerprint density at radius 2 is 1.29 bits per heavy atom. The molecule has 0 bridgehead atoms. The van der Waals surface area contributed by atoms with Crippen LogP contribution < -0.4 is 10.6 Å². The molecule has 2 aliphatic rings. The molecular formula is C29H46N2O4. The molecule has 196 valence electrons. The first-order valence-electron chi connectivity index (χ1n) is 13.2. The van der Waals surface area contributed by atoms with E-state index in [4.69, 9.17) is 9.47 Å². The van der Waals surface area contributed by atoms with Gasteiger partial charge in [0.15, 0.2) is 0 Å². The van der Waals surface area contributed by atoms with Crippen LogP contribution in [0.2, 0.25) is 0 Å². The lowest BCUT2D eigenvalue weighted by Gasteiger charge is -2.49. The molecule has 2 aliphatic heterocycles. The lowest BCUT2D eigenvalue weighted by atomic mass is 9.74. The summed E-state index contributed by atoms with van der Waals surface area (Å²) in [5.74, 6) is 0.182. The van der Waals surface area contributed by atoms with Crippen LogP contribution in [0.25, 0.3) is 0 Å². The number of benzene rings is 1. The summed E-state index contributed by atoms with van der Waals surface area (Å²) in [6.07, 6.45) is 2.82. The van der Waals surface area contributed by atoms with Crippen molar-refractivity contribution in [3.05, 3.63) is 35.4 Å². The average molecular weight is 487 g/mol. The van der Waals surface area contributed by atoms with Gasteiger partial charge in [-0.2, -0.15) is 0 Å². The van der Waals surface area contributed by atoms with Gasteiger partial charge in [0, 0.05) is 48.3 Å². The summed E-state index contributed by atoms with van der Waals surface area (Å²) in [5.41, 5.74) is 0.605. The largest absolute Gasteiger partial charge is 0.459 e. The van der Waals surface area contributed by atoms with Gasteiger partial charge < -0.3 is 20.1 Å². The van der Waals surface area contributed by atoms with Crippen LogP contribution in [-0.2, 0) is 9.47 Å². The molecule has 0 saturated carbocycles. The number of esters is 2. The third kappa shape index (κ3) is 7.07.